The minimum Gasteiger partial charge on any atom is -0.352 e. The fourth-order valence-electron chi connectivity index (χ4n) is 2.94. The maximum absolute atomic E-state index is 12.1. The maximum atomic E-state index is 12.1. The average molecular weight is 330 g/mol. The number of rotatable bonds is 6. The van der Waals surface area contributed by atoms with Crippen molar-refractivity contribution in [3.63, 3.8) is 0 Å². The van der Waals surface area contributed by atoms with E-state index in [1.807, 2.05) is 31.2 Å². The van der Waals surface area contributed by atoms with Crippen LogP contribution in [0.3, 0.4) is 0 Å². The van der Waals surface area contributed by atoms with Crippen molar-refractivity contribution in [1.82, 2.24) is 15.1 Å². The number of hydrogen-bond donors (Lipinski definition) is 2. The third-order valence-corrected chi connectivity index (χ3v) is 4.44. The van der Waals surface area contributed by atoms with Gasteiger partial charge >= 0.3 is 0 Å². The molecule has 2 fully saturated rings. The average Bonchev–Trinajstić information content (AvgIpc) is 3.33. The summed E-state index contributed by atoms with van der Waals surface area (Å²) < 4.78 is 0. The van der Waals surface area contributed by atoms with Gasteiger partial charge in [0.15, 0.2) is 0 Å². The molecule has 3 rings (SSSR count). The first-order valence-corrected chi connectivity index (χ1v) is 8.69. The summed E-state index contributed by atoms with van der Waals surface area (Å²) in [5.41, 5.74) is 1.97. The summed E-state index contributed by atoms with van der Waals surface area (Å²) in [7, 11) is 0. The lowest BCUT2D eigenvalue weighted by Crippen LogP contribution is -2.51. The Morgan fingerprint density at radius 2 is 1.67 bits per heavy atom. The van der Waals surface area contributed by atoms with Gasteiger partial charge in [-0.15, -0.1) is 0 Å². The second-order valence-electron chi connectivity index (χ2n) is 6.81. The molecule has 130 valence electrons. The monoisotopic (exact) mass is 330 g/mol. The lowest BCUT2D eigenvalue weighted by Gasteiger charge is -2.33. The molecule has 0 atom stereocenters. The smallest absolute Gasteiger partial charge is 0.238 e. The van der Waals surface area contributed by atoms with E-state index in [1.54, 1.807) is 0 Å². The lowest BCUT2D eigenvalue weighted by atomic mass is 10.2. The van der Waals surface area contributed by atoms with Gasteiger partial charge in [-0.3, -0.25) is 19.4 Å². The van der Waals surface area contributed by atoms with Gasteiger partial charge in [0, 0.05) is 37.9 Å². The highest BCUT2D eigenvalue weighted by molar-refractivity contribution is 5.92. The van der Waals surface area contributed by atoms with Crippen molar-refractivity contribution in [2.24, 2.45) is 0 Å². The van der Waals surface area contributed by atoms with Crippen molar-refractivity contribution in [2.75, 3.05) is 44.6 Å². The molecule has 0 radical (unpaired) electrons. The molecule has 1 saturated carbocycles. The van der Waals surface area contributed by atoms with Crippen LogP contribution in [0.25, 0.3) is 0 Å². The Kier molecular flexibility index (Phi) is 5.48. The Hall–Kier alpha value is -1.92. The normalized spacial score (nSPS) is 19.0. The fourth-order valence-corrected chi connectivity index (χ4v) is 2.94. The molecule has 6 heteroatoms. The molecule has 1 heterocycles. The van der Waals surface area contributed by atoms with Crippen LogP contribution in [0.15, 0.2) is 24.3 Å². The van der Waals surface area contributed by atoms with E-state index in [1.165, 1.54) is 0 Å². The van der Waals surface area contributed by atoms with Gasteiger partial charge in [0.2, 0.25) is 11.8 Å². The summed E-state index contributed by atoms with van der Waals surface area (Å²) in [4.78, 5) is 28.3. The van der Waals surface area contributed by atoms with Crippen LogP contribution in [0.1, 0.15) is 18.4 Å². The van der Waals surface area contributed by atoms with Crippen LogP contribution in [-0.2, 0) is 9.59 Å². The van der Waals surface area contributed by atoms with Gasteiger partial charge in [-0.25, -0.2) is 0 Å². The van der Waals surface area contributed by atoms with Gasteiger partial charge in [-0.05, 0) is 37.5 Å². The van der Waals surface area contributed by atoms with Crippen LogP contribution < -0.4 is 10.6 Å². The van der Waals surface area contributed by atoms with Gasteiger partial charge in [0.05, 0.1) is 13.1 Å². The molecule has 0 aromatic heterocycles. The highest BCUT2D eigenvalue weighted by Crippen LogP contribution is 2.18. The van der Waals surface area contributed by atoms with Crippen LogP contribution in [0.4, 0.5) is 5.69 Å². The summed E-state index contributed by atoms with van der Waals surface area (Å²) in [6.07, 6.45) is 2.24. The predicted octanol–water partition coefficient (Wildman–Crippen LogP) is 0.830. The summed E-state index contributed by atoms with van der Waals surface area (Å²) in [5, 5.41) is 5.96. The Balaban J connectivity index is 1.36. The molecule has 2 N–H and O–H groups in total. The van der Waals surface area contributed by atoms with E-state index in [4.69, 9.17) is 0 Å². The molecule has 2 amide bonds. The van der Waals surface area contributed by atoms with Crippen LogP contribution in [0.2, 0.25) is 0 Å². The van der Waals surface area contributed by atoms with Crippen LogP contribution in [0, 0.1) is 6.92 Å². The topological polar surface area (TPSA) is 64.7 Å². The summed E-state index contributed by atoms with van der Waals surface area (Å²) in [5.74, 6) is 0.142. The maximum Gasteiger partial charge on any atom is 0.238 e. The number of nitrogens with one attached hydrogen (secondary N) is 2. The van der Waals surface area contributed by atoms with E-state index in [-0.39, 0.29) is 11.8 Å². The highest BCUT2D eigenvalue weighted by atomic mass is 16.2. The van der Waals surface area contributed by atoms with Crippen molar-refractivity contribution in [1.29, 1.82) is 0 Å². The molecular weight excluding hydrogens is 304 g/mol. The van der Waals surface area contributed by atoms with Gasteiger partial charge in [0.1, 0.15) is 0 Å². The molecule has 1 saturated heterocycles. The van der Waals surface area contributed by atoms with Gasteiger partial charge in [-0.2, -0.15) is 0 Å². The summed E-state index contributed by atoms with van der Waals surface area (Å²) >= 11 is 0. The largest absolute Gasteiger partial charge is 0.352 e. The van der Waals surface area contributed by atoms with Crippen molar-refractivity contribution in [2.45, 2.75) is 25.8 Å². The van der Waals surface area contributed by atoms with E-state index in [0.29, 0.717) is 19.1 Å². The number of amides is 2. The fraction of sp³-hybridized carbons (Fsp3) is 0.556. The second-order valence-corrected chi connectivity index (χ2v) is 6.81. The number of carbonyl (C=O) groups excluding carboxylic acids is 2. The van der Waals surface area contributed by atoms with E-state index >= 15 is 0 Å². The third-order valence-electron chi connectivity index (χ3n) is 4.44. The molecule has 0 spiro atoms. The first-order chi connectivity index (χ1) is 11.6. The Morgan fingerprint density at radius 1 is 1.04 bits per heavy atom. The Morgan fingerprint density at radius 3 is 2.25 bits per heavy atom. The molecule has 2 aliphatic rings. The predicted molar refractivity (Wildman–Crippen MR) is 93.9 cm³/mol. The summed E-state index contributed by atoms with van der Waals surface area (Å²) in [6.45, 7) is 6.17. The zero-order valence-corrected chi connectivity index (χ0v) is 14.3. The number of piperazine rings is 1. The van der Waals surface area contributed by atoms with E-state index in [2.05, 4.69) is 20.4 Å². The number of benzene rings is 1. The first kappa shape index (κ1) is 16.9. The van der Waals surface area contributed by atoms with E-state index < -0.39 is 0 Å². The minimum absolute atomic E-state index is 0.0144. The van der Waals surface area contributed by atoms with Crippen molar-refractivity contribution in [3.8, 4) is 0 Å². The van der Waals surface area contributed by atoms with E-state index in [9.17, 15) is 9.59 Å². The molecule has 1 aromatic rings. The highest BCUT2D eigenvalue weighted by Gasteiger charge is 2.25. The number of nitrogens with zero attached hydrogens (tertiary/aromatic N) is 2. The van der Waals surface area contributed by atoms with Crippen LogP contribution in [-0.4, -0.2) is 66.9 Å². The molecule has 0 bridgehead atoms. The number of carbonyl (C=O) groups is 2. The Labute approximate surface area is 143 Å². The van der Waals surface area contributed by atoms with Crippen LogP contribution in [0.5, 0.6) is 0 Å². The van der Waals surface area contributed by atoms with Crippen molar-refractivity contribution >= 4 is 17.5 Å². The zero-order chi connectivity index (χ0) is 16.9. The molecule has 1 aliphatic heterocycles. The number of anilines is 1. The standard InChI is InChI=1S/C18H26N4O2/c1-14-3-2-4-16(11-14)20-18(24)13-22-9-7-21(8-10-22)12-17(23)19-15-5-6-15/h2-4,11,15H,5-10,12-13H2,1H3,(H,19,23)(H,20,24). The van der Waals surface area contributed by atoms with Crippen LogP contribution >= 0.6 is 0 Å². The lowest BCUT2D eigenvalue weighted by molar-refractivity contribution is -0.123. The van der Waals surface area contributed by atoms with Gasteiger partial charge < -0.3 is 10.6 Å². The molecule has 1 aromatic carbocycles. The molecule has 6 nitrogen and oxygen atoms in total. The number of aryl methyl sites for hydroxylation is 1. The van der Waals surface area contributed by atoms with E-state index in [0.717, 1.165) is 50.3 Å². The van der Waals surface area contributed by atoms with Crippen molar-refractivity contribution in [3.05, 3.63) is 29.8 Å². The molecule has 24 heavy (non-hydrogen) atoms. The number of hydrogen-bond acceptors (Lipinski definition) is 4. The zero-order valence-electron chi connectivity index (χ0n) is 14.3. The van der Waals surface area contributed by atoms with Gasteiger partial charge in [0.25, 0.3) is 0 Å². The quantitative estimate of drug-likeness (QED) is 0.811. The summed E-state index contributed by atoms with van der Waals surface area (Å²) in [6, 6.07) is 8.24. The minimum atomic E-state index is 0.0144. The molecule has 1 aliphatic carbocycles. The van der Waals surface area contributed by atoms with Crippen molar-refractivity contribution < 1.29 is 9.59 Å². The first-order valence-electron chi connectivity index (χ1n) is 8.69. The third kappa shape index (κ3) is 5.32. The molecular formula is C18H26N4O2. The Bertz CT molecular complexity index is 592. The SMILES string of the molecule is Cc1cccc(NC(=O)CN2CCN(CC(=O)NC3CC3)CC2)c1. The second kappa shape index (κ2) is 7.77. The van der Waals surface area contributed by atoms with Gasteiger partial charge in [-0.1, -0.05) is 12.1 Å². The molecule has 0 unspecified atom stereocenters.